The van der Waals surface area contributed by atoms with Gasteiger partial charge in [0.25, 0.3) is 5.91 Å². The molecule has 0 saturated heterocycles. The van der Waals surface area contributed by atoms with Crippen molar-refractivity contribution in [3.8, 4) is 0 Å². The molecule has 0 fully saturated rings. The zero-order valence-corrected chi connectivity index (χ0v) is 15.6. The van der Waals surface area contributed by atoms with Gasteiger partial charge in [-0.15, -0.1) is 11.3 Å². The first kappa shape index (κ1) is 19.0. The number of anilines is 2. The van der Waals surface area contributed by atoms with Gasteiger partial charge in [-0.1, -0.05) is 19.1 Å². The van der Waals surface area contributed by atoms with Crippen molar-refractivity contribution in [2.45, 2.75) is 13.5 Å². The van der Waals surface area contributed by atoms with E-state index in [2.05, 4.69) is 29.6 Å². The smallest absolute Gasteiger partial charge is 0.251 e. The number of likely N-dealkylation sites (N-methyl/N-ethyl adjacent to an activating group) is 1. The molecule has 2 aromatic rings. The second-order valence-electron chi connectivity index (χ2n) is 5.94. The maximum atomic E-state index is 12.3. The van der Waals surface area contributed by atoms with Crippen LogP contribution in [-0.2, 0) is 11.3 Å². The van der Waals surface area contributed by atoms with Gasteiger partial charge in [-0.3, -0.25) is 14.5 Å². The van der Waals surface area contributed by atoms with Crippen LogP contribution in [0.2, 0.25) is 0 Å². The highest BCUT2D eigenvalue weighted by molar-refractivity contribution is 7.14. The molecule has 25 heavy (non-hydrogen) atoms. The number of rotatable bonds is 8. The average molecular weight is 360 g/mol. The van der Waals surface area contributed by atoms with Gasteiger partial charge in [-0.05, 0) is 35.7 Å². The quantitative estimate of drug-likeness (QED) is 0.757. The Morgan fingerprint density at radius 2 is 1.84 bits per heavy atom. The summed E-state index contributed by atoms with van der Waals surface area (Å²) in [6, 6.07) is 9.88. The largest absolute Gasteiger partial charge is 0.378 e. The molecule has 0 spiro atoms. The molecule has 1 aromatic carbocycles. The topological polar surface area (TPSA) is 78.7 Å². The van der Waals surface area contributed by atoms with Gasteiger partial charge >= 0.3 is 0 Å². The van der Waals surface area contributed by atoms with Gasteiger partial charge in [-0.2, -0.15) is 0 Å². The number of nitrogens with one attached hydrogen (secondary N) is 1. The van der Waals surface area contributed by atoms with E-state index in [0.717, 1.165) is 17.8 Å². The summed E-state index contributed by atoms with van der Waals surface area (Å²) >= 11 is 1.29. The number of thiophene rings is 1. The highest BCUT2D eigenvalue weighted by Gasteiger charge is 2.15. The first-order valence-corrected chi connectivity index (χ1v) is 8.94. The van der Waals surface area contributed by atoms with Crippen LogP contribution in [0.25, 0.3) is 0 Å². The van der Waals surface area contributed by atoms with Crippen LogP contribution >= 0.6 is 11.3 Å². The van der Waals surface area contributed by atoms with E-state index >= 15 is 0 Å². The minimum atomic E-state index is -0.537. The Labute approximate surface area is 152 Å². The summed E-state index contributed by atoms with van der Waals surface area (Å²) < 4.78 is 0. The van der Waals surface area contributed by atoms with Crippen LogP contribution in [0.5, 0.6) is 0 Å². The first-order valence-electron chi connectivity index (χ1n) is 8.06. The van der Waals surface area contributed by atoms with Crippen LogP contribution in [0.15, 0.2) is 35.7 Å². The Bertz CT molecular complexity index is 725. The summed E-state index contributed by atoms with van der Waals surface area (Å²) in [7, 11) is 4.01. The number of nitrogens with two attached hydrogens (primary N) is 1. The van der Waals surface area contributed by atoms with Crippen LogP contribution in [0.1, 0.15) is 22.8 Å². The Morgan fingerprint density at radius 3 is 2.40 bits per heavy atom. The lowest BCUT2D eigenvalue weighted by Crippen LogP contribution is -2.33. The third-order valence-corrected chi connectivity index (χ3v) is 4.69. The van der Waals surface area contributed by atoms with Crippen LogP contribution in [0, 0.1) is 0 Å². The molecule has 0 unspecified atom stereocenters. The number of amides is 2. The van der Waals surface area contributed by atoms with Crippen molar-refractivity contribution in [1.29, 1.82) is 0 Å². The van der Waals surface area contributed by atoms with E-state index in [9.17, 15) is 9.59 Å². The summed E-state index contributed by atoms with van der Waals surface area (Å²) in [6.45, 7) is 3.70. The molecule has 0 aliphatic carbocycles. The van der Waals surface area contributed by atoms with Gasteiger partial charge in [0.2, 0.25) is 5.91 Å². The molecule has 1 aromatic heterocycles. The fourth-order valence-electron chi connectivity index (χ4n) is 2.41. The lowest BCUT2D eigenvalue weighted by Gasteiger charge is -2.20. The molecule has 2 amide bonds. The minimum absolute atomic E-state index is 0.156. The van der Waals surface area contributed by atoms with E-state index < -0.39 is 5.91 Å². The monoisotopic (exact) mass is 360 g/mol. The number of nitrogens with zero attached hydrogens (tertiary/aromatic N) is 2. The van der Waals surface area contributed by atoms with E-state index in [0.29, 0.717) is 17.1 Å². The molecular formula is C18H24N4O2S. The Hall–Kier alpha value is -2.38. The Morgan fingerprint density at radius 1 is 1.16 bits per heavy atom. The normalized spacial score (nSPS) is 10.7. The van der Waals surface area contributed by atoms with E-state index in [1.165, 1.54) is 11.3 Å². The predicted molar refractivity (Wildman–Crippen MR) is 103 cm³/mol. The molecule has 7 heteroatoms. The zero-order valence-electron chi connectivity index (χ0n) is 14.8. The summed E-state index contributed by atoms with van der Waals surface area (Å²) in [5.74, 6) is -0.693. The van der Waals surface area contributed by atoms with Crippen molar-refractivity contribution in [3.63, 3.8) is 0 Å². The van der Waals surface area contributed by atoms with Crippen molar-refractivity contribution in [3.05, 3.63) is 46.8 Å². The van der Waals surface area contributed by atoms with Crippen LogP contribution in [-0.4, -0.2) is 43.9 Å². The summed E-state index contributed by atoms with van der Waals surface area (Å²) in [6.07, 6.45) is 0. The van der Waals surface area contributed by atoms with E-state index in [-0.39, 0.29) is 12.5 Å². The van der Waals surface area contributed by atoms with E-state index in [1.54, 1.807) is 11.4 Å². The Kier molecular flexibility index (Phi) is 6.55. The minimum Gasteiger partial charge on any atom is -0.378 e. The number of benzene rings is 1. The molecule has 0 radical (unpaired) electrons. The van der Waals surface area contributed by atoms with Crippen LogP contribution < -0.4 is 16.0 Å². The van der Waals surface area contributed by atoms with Gasteiger partial charge in [0.15, 0.2) is 0 Å². The Balaban J connectivity index is 1.95. The molecule has 0 saturated carbocycles. The predicted octanol–water partition coefficient (Wildman–Crippen LogP) is 2.37. The molecule has 2 rings (SSSR count). The van der Waals surface area contributed by atoms with Crippen molar-refractivity contribution in [2.75, 3.05) is 37.4 Å². The van der Waals surface area contributed by atoms with E-state index in [1.807, 2.05) is 30.8 Å². The number of hydrogen-bond acceptors (Lipinski definition) is 5. The highest BCUT2D eigenvalue weighted by Crippen LogP contribution is 2.22. The van der Waals surface area contributed by atoms with Gasteiger partial charge in [0.05, 0.1) is 12.1 Å². The molecule has 3 N–H and O–H groups in total. The third kappa shape index (κ3) is 5.30. The number of hydrogen-bond donors (Lipinski definition) is 2. The number of carbonyl (C=O) groups is 2. The SMILES string of the molecule is CCN(CC(=O)Nc1sccc1C(N)=O)Cc1ccc(N(C)C)cc1. The molecule has 0 aliphatic rings. The zero-order chi connectivity index (χ0) is 18.4. The third-order valence-electron chi connectivity index (χ3n) is 3.86. The van der Waals surface area contributed by atoms with E-state index in [4.69, 9.17) is 5.73 Å². The highest BCUT2D eigenvalue weighted by atomic mass is 32.1. The second kappa shape index (κ2) is 8.64. The molecule has 0 bridgehead atoms. The maximum Gasteiger partial charge on any atom is 0.251 e. The van der Waals surface area contributed by atoms with Gasteiger partial charge < -0.3 is 16.0 Å². The lowest BCUT2D eigenvalue weighted by molar-refractivity contribution is -0.117. The first-order chi connectivity index (χ1) is 11.9. The average Bonchev–Trinajstić information content (AvgIpc) is 3.02. The lowest BCUT2D eigenvalue weighted by atomic mass is 10.2. The molecule has 6 nitrogen and oxygen atoms in total. The second-order valence-corrected chi connectivity index (χ2v) is 6.86. The van der Waals surface area contributed by atoms with Crippen molar-refractivity contribution < 1.29 is 9.59 Å². The molecule has 134 valence electrons. The van der Waals surface area contributed by atoms with Crippen LogP contribution in [0.3, 0.4) is 0 Å². The number of carbonyl (C=O) groups excluding carboxylic acids is 2. The standard InChI is InChI=1S/C18H24N4O2S/c1-4-22(11-13-5-7-14(8-6-13)21(2)3)12-16(23)20-18-15(17(19)24)9-10-25-18/h5-10H,4,11-12H2,1-3H3,(H2,19,24)(H,20,23). The molecule has 1 heterocycles. The molecular weight excluding hydrogens is 336 g/mol. The molecule has 0 aliphatic heterocycles. The maximum absolute atomic E-state index is 12.3. The van der Waals surface area contributed by atoms with Crippen molar-refractivity contribution >= 4 is 33.8 Å². The van der Waals surface area contributed by atoms with Gasteiger partial charge in [-0.25, -0.2) is 0 Å². The fraction of sp³-hybridized carbons (Fsp3) is 0.333. The summed E-state index contributed by atoms with van der Waals surface area (Å²) in [5, 5.41) is 5.02. The number of primary amides is 1. The van der Waals surface area contributed by atoms with Gasteiger partial charge in [0.1, 0.15) is 5.00 Å². The van der Waals surface area contributed by atoms with Crippen molar-refractivity contribution in [2.24, 2.45) is 5.73 Å². The van der Waals surface area contributed by atoms with Crippen molar-refractivity contribution in [1.82, 2.24) is 4.90 Å². The van der Waals surface area contributed by atoms with Gasteiger partial charge in [0, 0.05) is 26.3 Å². The van der Waals surface area contributed by atoms with Crippen LogP contribution in [0.4, 0.5) is 10.7 Å². The molecule has 0 atom stereocenters. The summed E-state index contributed by atoms with van der Waals surface area (Å²) in [4.78, 5) is 27.7. The summed E-state index contributed by atoms with van der Waals surface area (Å²) in [5.41, 5.74) is 7.94. The fourth-order valence-corrected chi connectivity index (χ4v) is 3.22.